The minimum atomic E-state index is 0. The normalized spacial score (nSPS) is 17.4. The maximum absolute atomic E-state index is 12.7. The van der Waals surface area contributed by atoms with Crippen LogP contribution in [0.2, 0.25) is 0 Å². The number of Topliss-reactive ketones (excluding diaryl/α,β-unsaturated/α-hetero) is 1. The highest BCUT2D eigenvalue weighted by Gasteiger charge is 2.18. The number of carbonyl (C=O) groups excluding carboxylic acids is 1. The first kappa shape index (κ1) is 23.0. The molecule has 3 rings (SSSR count). The van der Waals surface area contributed by atoms with Crippen molar-refractivity contribution in [3.05, 3.63) is 23.3 Å². The van der Waals surface area contributed by atoms with Gasteiger partial charge in [0.05, 0.1) is 0 Å². The van der Waals surface area contributed by atoms with E-state index in [0.717, 1.165) is 63.4 Å². The molecule has 158 valence electrons. The molecule has 0 aliphatic carbocycles. The first-order chi connectivity index (χ1) is 13.2. The molecule has 0 bridgehead atoms. The highest BCUT2D eigenvalue weighted by atomic mass is 35.5. The van der Waals surface area contributed by atoms with Crippen molar-refractivity contribution >= 4 is 29.6 Å². The van der Waals surface area contributed by atoms with E-state index in [2.05, 4.69) is 46.4 Å². The molecule has 2 heterocycles. The number of nitrogens with one attached hydrogen (secondary N) is 2. The van der Waals surface area contributed by atoms with Crippen molar-refractivity contribution in [3.63, 3.8) is 0 Å². The van der Waals surface area contributed by atoms with Gasteiger partial charge >= 0.3 is 0 Å². The van der Waals surface area contributed by atoms with Gasteiger partial charge in [-0.25, -0.2) is 0 Å². The van der Waals surface area contributed by atoms with Gasteiger partial charge in [0.15, 0.2) is 5.78 Å². The minimum Gasteiger partial charge on any atom is -0.383 e. The number of rotatable bonds is 9. The Labute approximate surface area is 176 Å². The molecule has 0 unspecified atom stereocenters. The molecule has 0 amide bonds. The highest BCUT2D eigenvalue weighted by Crippen LogP contribution is 2.30. The lowest BCUT2D eigenvalue weighted by Crippen LogP contribution is -2.44. The van der Waals surface area contributed by atoms with Crippen molar-refractivity contribution < 1.29 is 4.79 Å². The van der Waals surface area contributed by atoms with Gasteiger partial charge in [-0.1, -0.05) is 13.3 Å². The standard InChI is InChI=1S/C22H36N4O.ClH/c1-3-4-7-22(27)19-16-20(24-10-13-25-11-5-6-12-25)18(2)21(17-19)26-14-8-23-9-15-26;/h16-17,23-24H,3-15H2,1-2H3;1H. The van der Waals surface area contributed by atoms with Crippen molar-refractivity contribution in [2.24, 2.45) is 0 Å². The smallest absolute Gasteiger partial charge is 0.163 e. The Balaban J connectivity index is 0.00000280. The predicted molar refractivity (Wildman–Crippen MR) is 122 cm³/mol. The van der Waals surface area contributed by atoms with Crippen LogP contribution < -0.4 is 15.5 Å². The maximum Gasteiger partial charge on any atom is 0.163 e. The number of nitrogens with zero attached hydrogens (tertiary/aromatic N) is 2. The second-order valence-corrected chi connectivity index (χ2v) is 7.91. The quantitative estimate of drug-likeness (QED) is 0.610. The van der Waals surface area contributed by atoms with Gasteiger partial charge in [-0.05, 0) is 57.0 Å². The van der Waals surface area contributed by atoms with Crippen LogP contribution in [0.5, 0.6) is 0 Å². The zero-order valence-electron chi connectivity index (χ0n) is 17.6. The lowest BCUT2D eigenvalue weighted by Gasteiger charge is -2.32. The fourth-order valence-electron chi connectivity index (χ4n) is 4.11. The number of ketones is 1. The van der Waals surface area contributed by atoms with Crippen LogP contribution in [-0.2, 0) is 0 Å². The Hall–Kier alpha value is -1.30. The SMILES string of the molecule is CCCCC(=O)c1cc(NCCN2CCCC2)c(C)c(N2CCNCC2)c1.Cl. The lowest BCUT2D eigenvalue weighted by molar-refractivity contribution is 0.0980. The van der Waals surface area contributed by atoms with Crippen molar-refractivity contribution in [1.29, 1.82) is 0 Å². The summed E-state index contributed by atoms with van der Waals surface area (Å²) in [6.45, 7) is 12.8. The Morgan fingerprint density at radius 1 is 1.14 bits per heavy atom. The van der Waals surface area contributed by atoms with Crippen LogP contribution in [0.4, 0.5) is 11.4 Å². The van der Waals surface area contributed by atoms with E-state index in [0.29, 0.717) is 6.42 Å². The molecule has 2 saturated heterocycles. The Kier molecular flexibility index (Phi) is 9.56. The summed E-state index contributed by atoms with van der Waals surface area (Å²) >= 11 is 0. The molecule has 6 heteroatoms. The number of halogens is 1. The average molecular weight is 409 g/mol. The summed E-state index contributed by atoms with van der Waals surface area (Å²) in [5, 5.41) is 7.05. The summed E-state index contributed by atoms with van der Waals surface area (Å²) in [6.07, 6.45) is 5.32. The van der Waals surface area contributed by atoms with Crippen LogP contribution in [0, 0.1) is 6.92 Å². The largest absolute Gasteiger partial charge is 0.383 e. The van der Waals surface area contributed by atoms with Crippen LogP contribution in [-0.4, -0.2) is 63.0 Å². The third-order valence-corrected chi connectivity index (χ3v) is 5.86. The first-order valence-electron chi connectivity index (χ1n) is 10.8. The minimum absolute atomic E-state index is 0. The fraction of sp³-hybridized carbons (Fsp3) is 0.682. The van der Waals surface area contributed by atoms with Crippen LogP contribution >= 0.6 is 12.4 Å². The van der Waals surface area contributed by atoms with E-state index in [1.807, 2.05) is 0 Å². The third kappa shape index (κ3) is 6.10. The van der Waals surface area contributed by atoms with Gasteiger partial charge in [-0.15, -0.1) is 12.4 Å². The number of unbranched alkanes of at least 4 members (excludes halogenated alkanes) is 1. The summed E-state index contributed by atoms with van der Waals surface area (Å²) in [7, 11) is 0. The van der Waals surface area contributed by atoms with E-state index in [9.17, 15) is 4.79 Å². The number of carbonyl (C=O) groups is 1. The van der Waals surface area contributed by atoms with E-state index in [1.54, 1.807) is 0 Å². The van der Waals surface area contributed by atoms with Gasteiger partial charge in [0.2, 0.25) is 0 Å². The molecule has 1 aromatic carbocycles. The molecule has 2 aliphatic rings. The molecule has 0 saturated carbocycles. The van der Waals surface area contributed by atoms with Gasteiger partial charge in [-0.3, -0.25) is 4.79 Å². The van der Waals surface area contributed by atoms with E-state index in [1.165, 1.54) is 37.2 Å². The molecule has 0 radical (unpaired) electrons. The topological polar surface area (TPSA) is 47.6 Å². The predicted octanol–water partition coefficient (Wildman–Crippen LogP) is 3.71. The molecular formula is C22H37ClN4O. The van der Waals surface area contributed by atoms with E-state index in [4.69, 9.17) is 0 Å². The van der Waals surface area contributed by atoms with Crippen LogP contribution in [0.25, 0.3) is 0 Å². The number of piperazine rings is 1. The first-order valence-corrected chi connectivity index (χ1v) is 10.8. The fourth-order valence-corrected chi connectivity index (χ4v) is 4.11. The number of hydrogen-bond acceptors (Lipinski definition) is 5. The molecule has 1 aromatic rings. The molecule has 0 atom stereocenters. The molecule has 0 aromatic heterocycles. The number of benzene rings is 1. The van der Waals surface area contributed by atoms with Crippen molar-refractivity contribution in [1.82, 2.24) is 10.2 Å². The molecule has 2 aliphatic heterocycles. The van der Waals surface area contributed by atoms with Gasteiger partial charge in [0.1, 0.15) is 0 Å². The average Bonchev–Trinajstić information content (AvgIpc) is 3.21. The lowest BCUT2D eigenvalue weighted by atomic mass is 10.00. The van der Waals surface area contributed by atoms with Crippen LogP contribution in [0.1, 0.15) is 54.9 Å². The second kappa shape index (κ2) is 11.6. The number of anilines is 2. The zero-order chi connectivity index (χ0) is 19.1. The third-order valence-electron chi connectivity index (χ3n) is 5.86. The molecule has 28 heavy (non-hydrogen) atoms. The summed E-state index contributed by atoms with van der Waals surface area (Å²) in [6, 6.07) is 4.22. The van der Waals surface area contributed by atoms with Crippen LogP contribution in [0.15, 0.2) is 12.1 Å². The van der Waals surface area contributed by atoms with Gasteiger partial charge in [-0.2, -0.15) is 0 Å². The van der Waals surface area contributed by atoms with Gasteiger partial charge in [0, 0.05) is 62.6 Å². The summed E-state index contributed by atoms with van der Waals surface area (Å²) in [4.78, 5) is 17.7. The number of hydrogen-bond donors (Lipinski definition) is 2. The summed E-state index contributed by atoms with van der Waals surface area (Å²) in [5.74, 6) is 0.274. The van der Waals surface area contributed by atoms with E-state index in [-0.39, 0.29) is 18.2 Å². The molecule has 0 spiro atoms. The van der Waals surface area contributed by atoms with E-state index >= 15 is 0 Å². The summed E-state index contributed by atoms with van der Waals surface area (Å²) in [5.41, 5.74) is 4.49. The molecular weight excluding hydrogens is 372 g/mol. The Bertz CT molecular complexity index is 625. The molecule has 2 fully saturated rings. The molecule has 5 nitrogen and oxygen atoms in total. The van der Waals surface area contributed by atoms with E-state index < -0.39 is 0 Å². The monoisotopic (exact) mass is 408 g/mol. The summed E-state index contributed by atoms with van der Waals surface area (Å²) < 4.78 is 0. The van der Waals surface area contributed by atoms with Gasteiger partial charge < -0.3 is 20.4 Å². The molecule has 2 N–H and O–H groups in total. The van der Waals surface area contributed by atoms with Gasteiger partial charge in [0.25, 0.3) is 0 Å². The van der Waals surface area contributed by atoms with Crippen molar-refractivity contribution in [3.8, 4) is 0 Å². The Morgan fingerprint density at radius 3 is 2.54 bits per heavy atom. The number of likely N-dealkylation sites (tertiary alicyclic amines) is 1. The van der Waals surface area contributed by atoms with Crippen molar-refractivity contribution in [2.45, 2.75) is 46.0 Å². The second-order valence-electron chi connectivity index (χ2n) is 7.91. The van der Waals surface area contributed by atoms with Crippen molar-refractivity contribution in [2.75, 3.05) is 62.6 Å². The maximum atomic E-state index is 12.7. The highest BCUT2D eigenvalue weighted by molar-refractivity contribution is 5.98. The zero-order valence-corrected chi connectivity index (χ0v) is 18.4. The Morgan fingerprint density at radius 2 is 1.86 bits per heavy atom. The van der Waals surface area contributed by atoms with Crippen LogP contribution in [0.3, 0.4) is 0 Å².